The van der Waals surface area contributed by atoms with Crippen molar-refractivity contribution in [2.75, 3.05) is 39.0 Å². The number of aliphatic imine (C=N–C) groups is 1. The van der Waals surface area contributed by atoms with Crippen LogP contribution in [0.2, 0.25) is 0 Å². The number of hydrogen-bond donors (Lipinski definition) is 2. The molecule has 0 aliphatic carbocycles. The lowest BCUT2D eigenvalue weighted by Gasteiger charge is -2.17. The molecule has 7 heteroatoms. The molecule has 1 atom stereocenters. The second kappa shape index (κ2) is 11.1. The Morgan fingerprint density at radius 2 is 1.88 bits per heavy atom. The average molecular weight is 369 g/mol. The van der Waals surface area contributed by atoms with Crippen LogP contribution in [0.25, 0.3) is 0 Å². The third-order valence-corrected chi connectivity index (χ3v) is 5.88. The fraction of sp³-hybridized carbons (Fsp3) is 0.611. The molecule has 0 bridgehead atoms. The van der Waals surface area contributed by atoms with E-state index in [0.717, 1.165) is 18.9 Å². The highest BCUT2D eigenvalue weighted by atomic mass is 32.2. The van der Waals surface area contributed by atoms with Gasteiger partial charge in [0.2, 0.25) is 10.0 Å². The van der Waals surface area contributed by atoms with Gasteiger partial charge in [-0.15, -0.1) is 0 Å². The van der Waals surface area contributed by atoms with Gasteiger partial charge in [0.15, 0.2) is 5.96 Å². The van der Waals surface area contributed by atoms with Crippen LogP contribution < -0.4 is 10.6 Å². The Kier molecular flexibility index (Phi) is 9.52. The van der Waals surface area contributed by atoms with E-state index < -0.39 is 10.0 Å². The SMILES string of the molecule is CCNC(=NCC(C)c1ccccc1)NCCCN(C)S(=O)(=O)CC. The van der Waals surface area contributed by atoms with Crippen LogP contribution in [0.3, 0.4) is 0 Å². The molecule has 0 radical (unpaired) electrons. The number of sulfonamides is 1. The normalized spacial score (nSPS) is 13.7. The van der Waals surface area contributed by atoms with Crippen molar-refractivity contribution < 1.29 is 8.42 Å². The molecule has 142 valence electrons. The van der Waals surface area contributed by atoms with Crippen molar-refractivity contribution in [1.82, 2.24) is 14.9 Å². The third kappa shape index (κ3) is 7.88. The van der Waals surface area contributed by atoms with Crippen molar-refractivity contribution in [2.24, 2.45) is 4.99 Å². The topological polar surface area (TPSA) is 73.8 Å². The van der Waals surface area contributed by atoms with Gasteiger partial charge in [0.25, 0.3) is 0 Å². The van der Waals surface area contributed by atoms with Gasteiger partial charge in [-0.2, -0.15) is 0 Å². The predicted octanol–water partition coefficient (Wildman–Crippen LogP) is 2.02. The molecule has 0 fully saturated rings. The number of nitrogens with one attached hydrogen (secondary N) is 2. The van der Waals surface area contributed by atoms with Crippen LogP contribution in [0, 0.1) is 0 Å². The van der Waals surface area contributed by atoms with E-state index in [1.165, 1.54) is 9.87 Å². The molecule has 0 aliphatic heterocycles. The summed E-state index contributed by atoms with van der Waals surface area (Å²) in [6.07, 6.45) is 0.731. The standard InChI is InChI=1S/C18H32N4O2S/c1-5-19-18(20-13-10-14-22(4)25(23,24)6-2)21-15-16(3)17-11-8-7-9-12-17/h7-9,11-12,16H,5-6,10,13-15H2,1-4H3,(H2,19,20,21). The Morgan fingerprint density at radius 1 is 1.20 bits per heavy atom. The van der Waals surface area contributed by atoms with Gasteiger partial charge >= 0.3 is 0 Å². The van der Waals surface area contributed by atoms with E-state index in [-0.39, 0.29) is 5.75 Å². The molecule has 6 nitrogen and oxygen atoms in total. The van der Waals surface area contributed by atoms with Crippen LogP contribution >= 0.6 is 0 Å². The van der Waals surface area contributed by atoms with Gasteiger partial charge in [-0.05, 0) is 25.8 Å². The summed E-state index contributed by atoms with van der Waals surface area (Å²) in [5.41, 5.74) is 1.27. The molecule has 25 heavy (non-hydrogen) atoms. The molecule has 0 heterocycles. The summed E-state index contributed by atoms with van der Waals surface area (Å²) in [6, 6.07) is 10.3. The highest BCUT2D eigenvalue weighted by Crippen LogP contribution is 2.14. The van der Waals surface area contributed by atoms with Crippen LogP contribution in [0.4, 0.5) is 0 Å². The Morgan fingerprint density at radius 3 is 2.48 bits per heavy atom. The smallest absolute Gasteiger partial charge is 0.213 e. The Hall–Kier alpha value is -1.60. The molecule has 0 saturated carbocycles. The quantitative estimate of drug-likeness (QED) is 0.376. The lowest BCUT2D eigenvalue weighted by atomic mass is 10.0. The number of rotatable bonds is 10. The first kappa shape index (κ1) is 21.4. The molecular formula is C18H32N4O2S. The first-order valence-corrected chi connectivity index (χ1v) is 10.5. The molecule has 0 saturated heterocycles. The minimum Gasteiger partial charge on any atom is -0.357 e. The zero-order valence-corrected chi connectivity index (χ0v) is 16.6. The fourth-order valence-corrected chi connectivity index (χ4v) is 3.17. The molecule has 0 aromatic heterocycles. The molecule has 1 unspecified atom stereocenters. The van der Waals surface area contributed by atoms with Crippen LogP contribution in [-0.4, -0.2) is 57.7 Å². The van der Waals surface area contributed by atoms with Gasteiger partial charge in [0.05, 0.1) is 5.75 Å². The summed E-state index contributed by atoms with van der Waals surface area (Å²) in [6.45, 7) is 8.51. The third-order valence-electron chi connectivity index (χ3n) is 4.02. The summed E-state index contributed by atoms with van der Waals surface area (Å²) in [5.74, 6) is 1.25. The molecule has 0 amide bonds. The van der Waals surface area contributed by atoms with Crippen LogP contribution in [0.1, 0.15) is 38.7 Å². The van der Waals surface area contributed by atoms with Gasteiger partial charge in [0.1, 0.15) is 0 Å². The van der Waals surface area contributed by atoms with Crippen molar-refractivity contribution in [2.45, 2.75) is 33.1 Å². The van der Waals surface area contributed by atoms with Crippen LogP contribution in [-0.2, 0) is 10.0 Å². The van der Waals surface area contributed by atoms with Gasteiger partial charge in [-0.25, -0.2) is 12.7 Å². The van der Waals surface area contributed by atoms with E-state index in [1.54, 1.807) is 14.0 Å². The van der Waals surface area contributed by atoms with Crippen LogP contribution in [0.5, 0.6) is 0 Å². The summed E-state index contributed by atoms with van der Waals surface area (Å²) in [5, 5.41) is 6.50. The zero-order chi connectivity index (χ0) is 18.7. The molecule has 1 aromatic rings. The largest absolute Gasteiger partial charge is 0.357 e. The van der Waals surface area contributed by atoms with E-state index in [4.69, 9.17) is 0 Å². The summed E-state index contributed by atoms with van der Waals surface area (Å²) in [7, 11) is -1.48. The van der Waals surface area contributed by atoms with Crippen molar-refractivity contribution in [3.8, 4) is 0 Å². The number of guanidine groups is 1. The van der Waals surface area contributed by atoms with Crippen molar-refractivity contribution >= 4 is 16.0 Å². The molecule has 1 rings (SSSR count). The first-order valence-electron chi connectivity index (χ1n) is 8.91. The van der Waals surface area contributed by atoms with Gasteiger partial charge in [-0.3, -0.25) is 4.99 Å². The zero-order valence-electron chi connectivity index (χ0n) is 15.8. The van der Waals surface area contributed by atoms with Crippen molar-refractivity contribution in [3.63, 3.8) is 0 Å². The number of benzene rings is 1. The van der Waals surface area contributed by atoms with Crippen molar-refractivity contribution in [1.29, 1.82) is 0 Å². The summed E-state index contributed by atoms with van der Waals surface area (Å²) >= 11 is 0. The molecule has 0 aliphatic rings. The highest BCUT2D eigenvalue weighted by molar-refractivity contribution is 7.89. The number of nitrogens with zero attached hydrogens (tertiary/aromatic N) is 2. The van der Waals surface area contributed by atoms with E-state index in [1.807, 2.05) is 25.1 Å². The molecular weight excluding hydrogens is 336 g/mol. The maximum absolute atomic E-state index is 11.7. The Labute approximate surface area is 152 Å². The maximum atomic E-state index is 11.7. The van der Waals surface area contributed by atoms with Crippen LogP contribution in [0.15, 0.2) is 35.3 Å². The molecule has 2 N–H and O–H groups in total. The minimum absolute atomic E-state index is 0.137. The first-order chi connectivity index (χ1) is 11.9. The second-order valence-electron chi connectivity index (χ2n) is 6.03. The Bertz CT molecular complexity index is 617. The summed E-state index contributed by atoms with van der Waals surface area (Å²) < 4.78 is 24.8. The lowest BCUT2D eigenvalue weighted by molar-refractivity contribution is 0.461. The second-order valence-corrected chi connectivity index (χ2v) is 8.40. The number of hydrogen-bond acceptors (Lipinski definition) is 3. The molecule has 0 spiro atoms. The molecule has 1 aromatic carbocycles. The monoisotopic (exact) mass is 368 g/mol. The predicted molar refractivity (Wildman–Crippen MR) is 106 cm³/mol. The van der Waals surface area contributed by atoms with Gasteiger partial charge < -0.3 is 10.6 Å². The highest BCUT2D eigenvalue weighted by Gasteiger charge is 2.14. The fourth-order valence-electron chi connectivity index (χ4n) is 2.32. The van der Waals surface area contributed by atoms with E-state index in [0.29, 0.717) is 25.6 Å². The maximum Gasteiger partial charge on any atom is 0.213 e. The van der Waals surface area contributed by atoms with Gasteiger partial charge in [0, 0.05) is 39.1 Å². The van der Waals surface area contributed by atoms with Gasteiger partial charge in [-0.1, -0.05) is 37.3 Å². The van der Waals surface area contributed by atoms with Crippen molar-refractivity contribution in [3.05, 3.63) is 35.9 Å². The Balaban J connectivity index is 2.46. The average Bonchev–Trinajstić information content (AvgIpc) is 2.63. The van der Waals surface area contributed by atoms with E-state index in [9.17, 15) is 8.42 Å². The lowest BCUT2D eigenvalue weighted by Crippen LogP contribution is -2.39. The summed E-state index contributed by atoms with van der Waals surface area (Å²) in [4.78, 5) is 4.63. The van der Waals surface area contributed by atoms with E-state index >= 15 is 0 Å². The minimum atomic E-state index is -3.10. The van der Waals surface area contributed by atoms with E-state index in [2.05, 4.69) is 34.7 Å².